The van der Waals surface area contributed by atoms with E-state index in [2.05, 4.69) is 16.0 Å². The molecule has 0 radical (unpaired) electrons. The maximum atomic E-state index is 13.6. The predicted octanol–water partition coefficient (Wildman–Crippen LogP) is -17.8. The number of carbonyl (C=O) groups excluding carboxylic acids is 3. The third-order valence-corrected chi connectivity index (χ3v) is 18.8. The highest BCUT2D eigenvalue weighted by Gasteiger charge is 2.63. The van der Waals surface area contributed by atoms with Crippen molar-refractivity contribution in [2.75, 3.05) is 46.2 Å². The molecule has 8 saturated heterocycles. The van der Waals surface area contributed by atoms with E-state index in [9.17, 15) is 142 Å². The van der Waals surface area contributed by atoms with Crippen molar-refractivity contribution in [1.82, 2.24) is 16.0 Å². The van der Waals surface area contributed by atoms with Crippen molar-refractivity contribution in [3.8, 4) is 0 Å². The van der Waals surface area contributed by atoms with Gasteiger partial charge in [-0.3, -0.25) is 14.4 Å². The summed E-state index contributed by atoms with van der Waals surface area (Å²) in [5.74, 6) is -8.41. The lowest BCUT2D eigenvalue weighted by molar-refractivity contribution is -0.400. The van der Waals surface area contributed by atoms with Crippen LogP contribution in [0.4, 0.5) is 0 Å². The third kappa shape index (κ3) is 18.5. The molecule has 0 spiro atoms. The molecule has 0 aromatic heterocycles. The van der Waals surface area contributed by atoms with Gasteiger partial charge in [0.1, 0.15) is 183 Å². The first kappa shape index (κ1) is 85.0. The largest absolute Gasteiger partial charge is 0.477 e. The number of nitrogens with one attached hydrogen (secondary N) is 3. The van der Waals surface area contributed by atoms with Gasteiger partial charge in [-0.15, -0.1) is 0 Å². The molecule has 41 atom stereocenters. The summed E-state index contributed by atoms with van der Waals surface area (Å²) in [6.07, 6.45) is -79.7. The van der Waals surface area contributed by atoms with Crippen molar-refractivity contribution < 1.29 is 213 Å². The summed E-state index contributed by atoms with van der Waals surface area (Å²) in [6.45, 7) is -3.95. The summed E-state index contributed by atoms with van der Waals surface area (Å²) in [6, 6.07) is -5.75. The summed E-state index contributed by atoms with van der Waals surface area (Å²) in [7, 11) is 0. The van der Waals surface area contributed by atoms with Crippen molar-refractivity contribution in [2.24, 2.45) is 0 Å². The molecule has 8 aliphatic heterocycles. The van der Waals surface area contributed by atoms with Crippen molar-refractivity contribution in [2.45, 2.75) is 285 Å². The highest BCUT2D eigenvalue weighted by molar-refractivity contribution is 5.77. The maximum Gasteiger partial charge on any atom is 0.364 e. The lowest BCUT2D eigenvalue weighted by Gasteiger charge is -2.52. The molecule has 103 heavy (non-hydrogen) atoms. The Hall–Kier alpha value is -3.64. The Labute approximate surface area is 582 Å². The molecular weight excluding hydrogens is 1410 g/mol. The van der Waals surface area contributed by atoms with Crippen LogP contribution in [0.25, 0.3) is 0 Å². The molecule has 8 fully saturated rings. The van der Waals surface area contributed by atoms with Gasteiger partial charge >= 0.3 is 5.97 Å². The lowest BCUT2D eigenvalue weighted by Crippen LogP contribution is -2.72. The van der Waals surface area contributed by atoms with Gasteiger partial charge in [0.2, 0.25) is 17.7 Å². The van der Waals surface area contributed by atoms with E-state index in [0.717, 1.165) is 20.8 Å². The molecule has 8 rings (SSSR count). The molecule has 0 aromatic rings. The van der Waals surface area contributed by atoms with Gasteiger partial charge in [-0.25, -0.2) is 4.79 Å². The molecule has 3 amide bonds. The standard InChI is InChI=1S/C57H95N3O43/c1-13-28(72)34(78)38(82)52(90-13)99-44-23(11-66)95-51(27(60-16(4)69)46(44)100-55-41(85)48(31(75)20(8-63)93-55)103-57(56(87)88)5-17(70)25(58-14(2)67)45(102-57)29(73)18(71)6-61)101-47-32(76)24(96-54(40(47)84)98-43-21(9-64)91-49(86)37(81)36(43)80)12-89-50-26(59-15(3)68)33(77)42(22(10-65)94-50)97-53-39(83)35(79)30(74)19(7-62)92-53/h13,17-55,61-66,70-86H,5-12H2,1-4H3,(H,58,67)(H,59,68)(H,60,69)(H,87,88)/t13-,17-,18+,19+,20+,21+,22+,23+,24+,25+,26+,27+,28+,29+,30-,31-,32-,33+,34+,35-,36+,37+,38-,39+,40+,41+,42+,43+,44+,45+,46+,47-,48-,49?,50+,51-,52-,53-,54-,55-,57-/m0/s1. The van der Waals surface area contributed by atoms with Crippen molar-refractivity contribution in [3.05, 3.63) is 0 Å². The zero-order chi connectivity index (χ0) is 76.3. The van der Waals surface area contributed by atoms with Crippen molar-refractivity contribution in [3.63, 3.8) is 0 Å². The zero-order valence-electron chi connectivity index (χ0n) is 55.2. The van der Waals surface area contributed by atoms with E-state index in [-0.39, 0.29) is 0 Å². The Morgan fingerprint density at radius 1 is 0.417 bits per heavy atom. The number of aliphatic carboxylic acids is 1. The van der Waals surface area contributed by atoms with Crippen LogP contribution >= 0.6 is 0 Å². The number of aliphatic hydroxyl groups excluding tert-OH is 23. The number of carbonyl (C=O) groups is 4. The fourth-order valence-electron chi connectivity index (χ4n) is 13.2. The molecule has 0 aromatic carbocycles. The SMILES string of the molecule is CC(=O)N[C@H]1[C@H](OC[C@H]2O[C@@H](O[C@H]3[C@H](O)[C@@H](O)C(O)O[C@@H]3CO)[C@H](O)[C@@H](O[C@@H]3O[C@H](CO)[C@@H](O[C@@H]4O[C@@H](C)[C@@H](O)[C@@H](O)[C@@H]4O)[C@H](O[C@@H]4O[C@H](CO)[C@H](O)[C@H](O[C@]5(C(=O)O)C[C@H](O)[C@@H](NC(C)=O)[C@H]([C@H](O)[C@H](O)CO)O5)[C@H]4O)[C@H]3NC(C)=O)[C@H]2O)O[C@H](CO)[C@@H](O[C@@H]2O[C@H](CO)[C@H](O)[C@H](O)[C@H]2O)[C@@H]1O. The second-order valence-corrected chi connectivity index (χ2v) is 26.0. The lowest BCUT2D eigenvalue weighted by atomic mass is 9.88. The molecule has 1 unspecified atom stereocenters. The van der Waals surface area contributed by atoms with Gasteiger partial charge in [-0.2, -0.15) is 0 Å². The Balaban J connectivity index is 1.17. The first-order chi connectivity index (χ1) is 48.5. The number of aliphatic hydroxyl groups is 23. The zero-order valence-corrected chi connectivity index (χ0v) is 55.2. The van der Waals surface area contributed by atoms with E-state index in [1.54, 1.807) is 0 Å². The van der Waals surface area contributed by atoms with Gasteiger partial charge in [0.15, 0.2) is 44.0 Å². The number of carboxylic acid groups (broad SMARTS) is 1. The normalized spacial score (nSPS) is 48.3. The number of ether oxygens (including phenoxy) is 15. The smallest absolute Gasteiger partial charge is 0.364 e. The minimum Gasteiger partial charge on any atom is -0.477 e. The van der Waals surface area contributed by atoms with Crippen LogP contribution in [0.2, 0.25) is 0 Å². The molecule has 0 aliphatic carbocycles. The Kier molecular flexibility index (Phi) is 29.9. The Bertz CT molecular complexity index is 2720. The van der Waals surface area contributed by atoms with E-state index in [1.165, 1.54) is 6.92 Å². The fraction of sp³-hybridized carbons (Fsp3) is 0.930. The number of rotatable bonds is 27. The van der Waals surface area contributed by atoms with Gasteiger partial charge in [0, 0.05) is 27.2 Å². The van der Waals surface area contributed by atoms with E-state index in [0.29, 0.717) is 0 Å². The van der Waals surface area contributed by atoms with Gasteiger partial charge in [-0.1, -0.05) is 0 Å². The van der Waals surface area contributed by atoms with E-state index in [1.807, 2.05) is 0 Å². The molecule has 0 saturated carbocycles. The van der Waals surface area contributed by atoms with E-state index < -0.39 is 327 Å². The van der Waals surface area contributed by atoms with Gasteiger partial charge in [0.25, 0.3) is 5.79 Å². The number of hydrogen-bond acceptors (Lipinski definition) is 42. The Morgan fingerprint density at radius 2 is 0.845 bits per heavy atom. The number of hydrogen-bond donors (Lipinski definition) is 27. The van der Waals surface area contributed by atoms with Crippen LogP contribution in [-0.2, 0) is 90.2 Å². The highest BCUT2D eigenvalue weighted by atomic mass is 16.8. The monoisotopic (exact) mass is 1510 g/mol. The van der Waals surface area contributed by atoms with Crippen LogP contribution in [0, 0.1) is 0 Å². The first-order valence-corrected chi connectivity index (χ1v) is 32.6. The van der Waals surface area contributed by atoms with Crippen LogP contribution in [0.3, 0.4) is 0 Å². The minimum atomic E-state index is -3.36. The van der Waals surface area contributed by atoms with Gasteiger partial charge < -0.3 is 210 Å². The second-order valence-electron chi connectivity index (χ2n) is 26.0. The van der Waals surface area contributed by atoms with Crippen molar-refractivity contribution in [1.29, 1.82) is 0 Å². The highest BCUT2D eigenvalue weighted by Crippen LogP contribution is 2.42. The summed E-state index contributed by atoms with van der Waals surface area (Å²) in [5.41, 5.74) is 0. The van der Waals surface area contributed by atoms with Crippen LogP contribution < -0.4 is 16.0 Å². The quantitative estimate of drug-likeness (QED) is 0.0363. The molecular formula is C57H95N3O43. The molecule has 8 aliphatic rings. The van der Waals surface area contributed by atoms with Crippen LogP contribution in [0.1, 0.15) is 34.1 Å². The second kappa shape index (κ2) is 36.3. The molecule has 46 nitrogen and oxygen atoms in total. The predicted molar refractivity (Wildman–Crippen MR) is 315 cm³/mol. The summed E-state index contributed by atoms with van der Waals surface area (Å²) < 4.78 is 88.4. The topological polar surface area (TPSA) is 728 Å². The molecule has 27 N–H and O–H groups in total. The van der Waals surface area contributed by atoms with E-state index >= 15 is 0 Å². The number of amides is 3. The van der Waals surface area contributed by atoms with Gasteiger partial charge in [-0.05, 0) is 6.92 Å². The van der Waals surface area contributed by atoms with Crippen molar-refractivity contribution >= 4 is 23.7 Å². The average Bonchev–Trinajstić information content (AvgIpc) is 0.755. The summed E-state index contributed by atoms with van der Waals surface area (Å²) in [4.78, 5) is 52.1. The van der Waals surface area contributed by atoms with Crippen LogP contribution in [0.15, 0.2) is 0 Å². The molecule has 0 bridgehead atoms. The summed E-state index contributed by atoms with van der Waals surface area (Å²) >= 11 is 0. The third-order valence-electron chi connectivity index (χ3n) is 18.8. The Morgan fingerprint density at radius 3 is 1.40 bits per heavy atom. The molecule has 46 heteroatoms. The minimum absolute atomic E-state index is 0.868. The summed E-state index contributed by atoms with van der Waals surface area (Å²) in [5, 5.41) is 271. The average molecular weight is 1510 g/mol. The van der Waals surface area contributed by atoms with E-state index in [4.69, 9.17) is 71.1 Å². The maximum absolute atomic E-state index is 13.6. The van der Waals surface area contributed by atoms with Gasteiger partial charge in [0.05, 0.1) is 64.5 Å². The van der Waals surface area contributed by atoms with Crippen LogP contribution in [-0.4, -0.2) is 444 Å². The first-order valence-electron chi connectivity index (χ1n) is 32.6. The molecule has 8 heterocycles. The fourth-order valence-corrected chi connectivity index (χ4v) is 13.2. The number of carboxylic acids is 1. The molecule has 596 valence electrons. The van der Waals surface area contributed by atoms with Crippen LogP contribution in [0.5, 0.6) is 0 Å².